The van der Waals surface area contributed by atoms with Crippen molar-refractivity contribution in [3.8, 4) is 5.75 Å². The van der Waals surface area contributed by atoms with Crippen LogP contribution >= 0.6 is 15.9 Å². The number of esters is 2. The first kappa shape index (κ1) is 17.7. The Morgan fingerprint density at radius 2 is 1.77 bits per heavy atom. The average Bonchev–Trinajstić information content (AvgIpc) is 2.50. The zero-order valence-corrected chi connectivity index (χ0v) is 13.4. The van der Waals surface area contributed by atoms with Gasteiger partial charge >= 0.3 is 17.9 Å². The second-order valence-electron chi connectivity index (χ2n) is 3.91. The van der Waals surface area contributed by atoms with Crippen LogP contribution in [0.25, 0.3) is 6.08 Å². The van der Waals surface area contributed by atoms with Crippen LogP contribution in [0.3, 0.4) is 0 Å². The number of carbonyl (C=O) groups excluding carboxylic acids is 2. The fraction of sp³-hybridized carbons (Fsp3) is 0.214. The van der Waals surface area contributed by atoms with E-state index < -0.39 is 24.5 Å². The number of hydrogen-bond acceptors (Lipinski definition) is 6. The van der Waals surface area contributed by atoms with Gasteiger partial charge in [0, 0.05) is 0 Å². The maximum atomic E-state index is 11.6. The van der Waals surface area contributed by atoms with E-state index in [1.54, 1.807) is 12.1 Å². The molecular weight excluding hydrogens is 360 g/mol. The summed E-state index contributed by atoms with van der Waals surface area (Å²) < 4.78 is 14.5. The van der Waals surface area contributed by atoms with E-state index in [-0.39, 0.29) is 5.57 Å². The molecule has 0 amide bonds. The summed E-state index contributed by atoms with van der Waals surface area (Å²) in [5, 5.41) is 8.56. The molecule has 1 aromatic carbocycles. The molecule has 0 bridgehead atoms. The third kappa shape index (κ3) is 4.88. The molecule has 8 heteroatoms. The number of carboxylic acids is 1. The van der Waals surface area contributed by atoms with E-state index in [0.29, 0.717) is 15.8 Å². The molecule has 0 aromatic heterocycles. The number of carboxylic acid groups (broad SMARTS) is 1. The Balaban J connectivity index is 3.07. The summed E-state index contributed by atoms with van der Waals surface area (Å²) >= 11 is 3.22. The molecule has 7 nitrogen and oxygen atoms in total. The summed E-state index contributed by atoms with van der Waals surface area (Å²) in [5.74, 6) is -2.44. The first-order valence-electron chi connectivity index (χ1n) is 5.91. The number of methoxy groups -OCH3 is 2. The molecule has 0 spiro atoms. The van der Waals surface area contributed by atoms with E-state index in [9.17, 15) is 14.4 Å². The summed E-state index contributed by atoms with van der Waals surface area (Å²) in [7, 11) is 2.30. The van der Waals surface area contributed by atoms with Crippen LogP contribution in [0.5, 0.6) is 5.75 Å². The molecule has 0 aliphatic rings. The van der Waals surface area contributed by atoms with Gasteiger partial charge in [0.15, 0.2) is 6.61 Å². The Labute approximate surface area is 134 Å². The van der Waals surface area contributed by atoms with Gasteiger partial charge in [-0.05, 0) is 39.7 Å². The molecule has 0 aliphatic carbocycles. The minimum atomic E-state index is -1.10. The molecule has 1 aromatic rings. The van der Waals surface area contributed by atoms with E-state index in [4.69, 9.17) is 9.84 Å². The maximum Gasteiger partial charge on any atom is 0.345 e. The van der Waals surface area contributed by atoms with Crippen LogP contribution in [0.2, 0.25) is 0 Å². The van der Waals surface area contributed by atoms with Crippen LogP contribution in [0.4, 0.5) is 0 Å². The lowest BCUT2D eigenvalue weighted by atomic mass is 10.1. The van der Waals surface area contributed by atoms with Gasteiger partial charge in [-0.3, -0.25) is 0 Å². The molecule has 118 valence electrons. The average molecular weight is 373 g/mol. The number of hydrogen-bond donors (Lipinski definition) is 1. The molecule has 0 atom stereocenters. The molecular formula is C14H13BrO7. The lowest BCUT2D eigenvalue weighted by molar-refractivity contribution is -0.144. The van der Waals surface area contributed by atoms with E-state index in [1.165, 1.54) is 12.1 Å². The van der Waals surface area contributed by atoms with Crippen molar-refractivity contribution in [1.29, 1.82) is 0 Å². The zero-order valence-electron chi connectivity index (χ0n) is 11.8. The fourth-order valence-electron chi connectivity index (χ4n) is 1.45. The van der Waals surface area contributed by atoms with Crippen LogP contribution in [0, 0.1) is 0 Å². The smallest absolute Gasteiger partial charge is 0.345 e. The van der Waals surface area contributed by atoms with Crippen LogP contribution in [-0.2, 0) is 23.9 Å². The Morgan fingerprint density at radius 3 is 2.23 bits per heavy atom. The molecule has 0 heterocycles. The fourth-order valence-corrected chi connectivity index (χ4v) is 1.96. The van der Waals surface area contributed by atoms with Crippen molar-refractivity contribution in [2.75, 3.05) is 20.8 Å². The quantitative estimate of drug-likeness (QED) is 0.350. The minimum Gasteiger partial charge on any atom is -0.481 e. The number of ether oxygens (including phenoxy) is 3. The van der Waals surface area contributed by atoms with Crippen LogP contribution in [-0.4, -0.2) is 43.8 Å². The van der Waals surface area contributed by atoms with E-state index in [2.05, 4.69) is 25.4 Å². The van der Waals surface area contributed by atoms with Gasteiger partial charge < -0.3 is 19.3 Å². The number of benzene rings is 1. The molecule has 0 saturated heterocycles. The van der Waals surface area contributed by atoms with Gasteiger partial charge in [-0.15, -0.1) is 0 Å². The van der Waals surface area contributed by atoms with Crippen molar-refractivity contribution in [1.82, 2.24) is 0 Å². The highest BCUT2D eigenvalue weighted by Crippen LogP contribution is 2.27. The Bertz CT molecular complexity index is 604. The van der Waals surface area contributed by atoms with Crippen molar-refractivity contribution in [2.45, 2.75) is 0 Å². The SMILES string of the molecule is COC(=O)C(=Cc1ccc(OCC(=O)O)c(Br)c1)C(=O)OC. The molecule has 22 heavy (non-hydrogen) atoms. The zero-order chi connectivity index (χ0) is 16.7. The Hall–Kier alpha value is -2.35. The molecule has 0 unspecified atom stereocenters. The lowest BCUT2D eigenvalue weighted by Gasteiger charge is -2.07. The standard InChI is InChI=1S/C14H13BrO7/c1-20-13(18)9(14(19)21-2)5-8-3-4-11(10(15)6-8)22-7-12(16)17/h3-6H,7H2,1-2H3,(H,16,17). The molecule has 1 rings (SSSR count). The maximum absolute atomic E-state index is 11.6. The van der Waals surface area contributed by atoms with Gasteiger partial charge in [-0.2, -0.15) is 0 Å². The highest BCUT2D eigenvalue weighted by molar-refractivity contribution is 9.10. The van der Waals surface area contributed by atoms with E-state index in [0.717, 1.165) is 14.2 Å². The third-order valence-electron chi connectivity index (χ3n) is 2.43. The van der Waals surface area contributed by atoms with Crippen molar-refractivity contribution in [3.63, 3.8) is 0 Å². The highest BCUT2D eigenvalue weighted by atomic mass is 79.9. The summed E-state index contributed by atoms with van der Waals surface area (Å²) in [6.07, 6.45) is 1.30. The summed E-state index contributed by atoms with van der Waals surface area (Å²) in [5.41, 5.74) is 0.233. The summed E-state index contributed by atoms with van der Waals surface area (Å²) in [6.45, 7) is -0.483. The van der Waals surface area contributed by atoms with Crippen molar-refractivity contribution in [2.24, 2.45) is 0 Å². The Kier molecular flexibility index (Phi) is 6.58. The molecule has 0 saturated carbocycles. The largest absolute Gasteiger partial charge is 0.481 e. The number of rotatable bonds is 6. The van der Waals surface area contributed by atoms with Gasteiger partial charge in [-0.25, -0.2) is 14.4 Å². The van der Waals surface area contributed by atoms with Crippen LogP contribution in [0.15, 0.2) is 28.2 Å². The predicted molar refractivity (Wildman–Crippen MR) is 79.3 cm³/mol. The van der Waals surface area contributed by atoms with E-state index in [1.807, 2.05) is 0 Å². The van der Waals surface area contributed by atoms with Crippen molar-refractivity contribution >= 4 is 39.9 Å². The van der Waals surface area contributed by atoms with Gasteiger partial charge in [0.05, 0.1) is 18.7 Å². The minimum absolute atomic E-state index is 0.267. The van der Waals surface area contributed by atoms with Crippen LogP contribution in [0.1, 0.15) is 5.56 Å². The topological polar surface area (TPSA) is 99.1 Å². The normalized spacial score (nSPS) is 9.59. The molecule has 1 N–H and O–H groups in total. The predicted octanol–water partition coefficient (Wildman–Crippen LogP) is 1.64. The van der Waals surface area contributed by atoms with Gasteiger partial charge in [-0.1, -0.05) is 6.07 Å². The van der Waals surface area contributed by atoms with Crippen LogP contribution < -0.4 is 4.74 Å². The van der Waals surface area contributed by atoms with Gasteiger partial charge in [0.25, 0.3) is 0 Å². The third-order valence-corrected chi connectivity index (χ3v) is 3.05. The Morgan fingerprint density at radius 1 is 1.18 bits per heavy atom. The van der Waals surface area contributed by atoms with Crippen molar-refractivity contribution < 1.29 is 33.7 Å². The summed E-state index contributed by atoms with van der Waals surface area (Å²) in [4.78, 5) is 33.6. The summed E-state index contributed by atoms with van der Waals surface area (Å²) in [6, 6.07) is 4.61. The first-order chi connectivity index (χ1) is 10.4. The lowest BCUT2D eigenvalue weighted by Crippen LogP contribution is -2.15. The molecule has 0 radical (unpaired) electrons. The second-order valence-corrected chi connectivity index (χ2v) is 4.77. The molecule has 0 aliphatic heterocycles. The van der Waals surface area contributed by atoms with Gasteiger partial charge in [0.1, 0.15) is 11.3 Å². The number of halogens is 1. The monoisotopic (exact) mass is 372 g/mol. The van der Waals surface area contributed by atoms with Crippen molar-refractivity contribution in [3.05, 3.63) is 33.8 Å². The molecule has 0 fully saturated rings. The number of carbonyl (C=O) groups is 3. The number of aliphatic carboxylic acids is 1. The highest BCUT2D eigenvalue weighted by Gasteiger charge is 2.19. The second kappa shape index (κ2) is 8.18. The van der Waals surface area contributed by atoms with Gasteiger partial charge in [0.2, 0.25) is 0 Å². The van der Waals surface area contributed by atoms with E-state index >= 15 is 0 Å². The first-order valence-corrected chi connectivity index (χ1v) is 6.70.